The summed E-state index contributed by atoms with van der Waals surface area (Å²) >= 11 is 0. The van der Waals surface area contributed by atoms with Crippen LogP contribution in [-0.2, 0) is 4.74 Å². The van der Waals surface area contributed by atoms with Gasteiger partial charge in [0.05, 0.1) is 17.6 Å². The Labute approximate surface area is 123 Å². The Hall–Kier alpha value is -2.19. The molecule has 0 aromatic heterocycles. The quantitative estimate of drug-likeness (QED) is 0.446. The Bertz CT molecular complexity index is 519. The largest absolute Gasteiger partial charge is 0.377 e. The normalized spacial score (nSPS) is 10.5. The fraction of sp³-hybridized carbons (Fsp3) is 0.462. The minimum absolute atomic E-state index is 0.0951. The van der Waals surface area contributed by atoms with Crippen LogP contribution >= 0.6 is 0 Å². The van der Waals surface area contributed by atoms with E-state index in [0.717, 1.165) is 0 Å². The Kier molecular flexibility index (Phi) is 6.07. The van der Waals surface area contributed by atoms with Gasteiger partial charge in [0.1, 0.15) is 5.69 Å². The van der Waals surface area contributed by atoms with E-state index in [2.05, 4.69) is 5.43 Å². The number of nitrogens with two attached hydrogens (primary N) is 1. The molecule has 0 atom stereocenters. The van der Waals surface area contributed by atoms with Crippen molar-refractivity contribution in [3.8, 4) is 0 Å². The maximum Gasteiger partial charge on any atom is 0.293 e. The van der Waals surface area contributed by atoms with Gasteiger partial charge < -0.3 is 15.1 Å². The molecule has 1 aromatic carbocycles. The van der Waals surface area contributed by atoms with Crippen molar-refractivity contribution < 1.29 is 14.5 Å². The number of anilines is 1. The number of likely N-dealkylation sites (N-methyl/N-ethyl adjacent to an activating group) is 1. The molecule has 116 valence electrons. The van der Waals surface area contributed by atoms with Gasteiger partial charge in [-0.2, -0.15) is 0 Å². The summed E-state index contributed by atoms with van der Waals surface area (Å²) in [5, 5.41) is 10.8. The van der Waals surface area contributed by atoms with Gasteiger partial charge in [0.2, 0.25) is 0 Å². The third-order valence-corrected chi connectivity index (χ3v) is 2.82. The molecular formula is C13H20N4O4. The first-order chi connectivity index (χ1) is 9.86. The van der Waals surface area contributed by atoms with Gasteiger partial charge in [-0.05, 0) is 26.0 Å². The average Bonchev–Trinajstić information content (AvgIpc) is 2.45. The Morgan fingerprint density at radius 3 is 2.71 bits per heavy atom. The lowest BCUT2D eigenvalue weighted by atomic mass is 10.1. The average molecular weight is 296 g/mol. The molecule has 0 spiro atoms. The number of rotatable bonds is 7. The van der Waals surface area contributed by atoms with Crippen LogP contribution in [0.15, 0.2) is 18.2 Å². The number of nitrogen functional groups attached to an aromatic ring is 1. The van der Waals surface area contributed by atoms with Crippen molar-refractivity contribution in [3.63, 3.8) is 0 Å². The number of benzene rings is 1. The molecule has 3 N–H and O–H groups in total. The summed E-state index contributed by atoms with van der Waals surface area (Å²) in [5.41, 5.74) is 2.47. The SMILES string of the molecule is CC(C)OCCN(C)C(=O)c1ccc([N+](=O)[O-])c(NN)c1. The number of nitro groups is 1. The number of nitrogens with zero attached hydrogens (tertiary/aromatic N) is 2. The molecule has 0 fully saturated rings. The maximum absolute atomic E-state index is 12.2. The van der Waals surface area contributed by atoms with Gasteiger partial charge in [-0.3, -0.25) is 20.8 Å². The lowest BCUT2D eigenvalue weighted by Crippen LogP contribution is -2.30. The van der Waals surface area contributed by atoms with Crippen LogP contribution < -0.4 is 11.3 Å². The van der Waals surface area contributed by atoms with Gasteiger partial charge in [-0.25, -0.2) is 0 Å². The summed E-state index contributed by atoms with van der Waals surface area (Å²) in [6.45, 7) is 4.68. The van der Waals surface area contributed by atoms with Crippen LogP contribution in [0.5, 0.6) is 0 Å². The molecule has 0 bridgehead atoms. The van der Waals surface area contributed by atoms with E-state index in [1.165, 1.54) is 23.1 Å². The molecular weight excluding hydrogens is 276 g/mol. The fourth-order valence-corrected chi connectivity index (χ4v) is 1.69. The standard InChI is InChI=1S/C13H20N4O4/c1-9(2)21-7-6-16(3)13(18)10-4-5-12(17(19)20)11(8-10)15-14/h4-5,8-9,15H,6-7,14H2,1-3H3. The number of amides is 1. The second-order valence-corrected chi connectivity index (χ2v) is 4.78. The summed E-state index contributed by atoms with van der Waals surface area (Å²) < 4.78 is 5.38. The number of hydrogen-bond donors (Lipinski definition) is 2. The van der Waals surface area contributed by atoms with Gasteiger partial charge in [-0.1, -0.05) is 0 Å². The summed E-state index contributed by atoms with van der Waals surface area (Å²) in [6.07, 6.45) is 0.0981. The highest BCUT2D eigenvalue weighted by Crippen LogP contribution is 2.24. The number of carbonyl (C=O) groups excluding carboxylic acids is 1. The van der Waals surface area contributed by atoms with Crippen LogP contribution in [0.25, 0.3) is 0 Å². The molecule has 1 rings (SSSR count). The summed E-state index contributed by atoms with van der Waals surface area (Å²) in [6, 6.07) is 4.02. The van der Waals surface area contributed by atoms with Crippen molar-refractivity contribution in [1.29, 1.82) is 0 Å². The number of hydrazine groups is 1. The fourth-order valence-electron chi connectivity index (χ4n) is 1.69. The molecule has 8 heteroatoms. The lowest BCUT2D eigenvalue weighted by molar-refractivity contribution is -0.384. The maximum atomic E-state index is 12.2. The van der Waals surface area contributed by atoms with E-state index >= 15 is 0 Å². The Balaban J connectivity index is 2.80. The molecule has 0 aliphatic carbocycles. The number of nitrogens with one attached hydrogen (secondary N) is 1. The lowest BCUT2D eigenvalue weighted by Gasteiger charge is -2.18. The predicted molar refractivity (Wildman–Crippen MR) is 79.0 cm³/mol. The van der Waals surface area contributed by atoms with Gasteiger partial charge in [-0.15, -0.1) is 0 Å². The predicted octanol–water partition coefficient (Wildman–Crippen LogP) is 1.38. The van der Waals surface area contributed by atoms with Crippen LogP contribution in [0, 0.1) is 10.1 Å². The van der Waals surface area contributed by atoms with E-state index in [1.54, 1.807) is 7.05 Å². The van der Waals surface area contributed by atoms with E-state index in [-0.39, 0.29) is 23.4 Å². The zero-order valence-corrected chi connectivity index (χ0v) is 12.3. The minimum Gasteiger partial charge on any atom is -0.377 e. The molecule has 1 aromatic rings. The number of ether oxygens (including phenoxy) is 1. The van der Waals surface area contributed by atoms with Crippen molar-refractivity contribution in [1.82, 2.24) is 4.90 Å². The zero-order chi connectivity index (χ0) is 16.0. The van der Waals surface area contributed by atoms with Crippen molar-refractivity contribution in [2.45, 2.75) is 20.0 Å². The van der Waals surface area contributed by atoms with Crippen LogP contribution in [0.3, 0.4) is 0 Å². The molecule has 21 heavy (non-hydrogen) atoms. The molecule has 0 saturated heterocycles. The van der Waals surface area contributed by atoms with E-state index in [4.69, 9.17) is 10.6 Å². The molecule has 0 saturated carbocycles. The first-order valence-corrected chi connectivity index (χ1v) is 6.49. The van der Waals surface area contributed by atoms with Crippen LogP contribution in [0.2, 0.25) is 0 Å². The molecule has 1 amide bonds. The zero-order valence-electron chi connectivity index (χ0n) is 12.3. The summed E-state index contributed by atoms with van der Waals surface area (Å²) in [7, 11) is 1.64. The van der Waals surface area contributed by atoms with E-state index < -0.39 is 4.92 Å². The van der Waals surface area contributed by atoms with Gasteiger partial charge >= 0.3 is 0 Å². The van der Waals surface area contributed by atoms with Gasteiger partial charge in [0.15, 0.2) is 0 Å². The Morgan fingerprint density at radius 2 is 2.19 bits per heavy atom. The van der Waals surface area contributed by atoms with Crippen LogP contribution in [-0.4, -0.2) is 42.0 Å². The first kappa shape index (κ1) is 16.9. The highest BCUT2D eigenvalue weighted by Gasteiger charge is 2.18. The molecule has 8 nitrogen and oxygen atoms in total. The Morgan fingerprint density at radius 1 is 1.52 bits per heavy atom. The van der Waals surface area contributed by atoms with Crippen molar-refractivity contribution in [2.24, 2.45) is 5.84 Å². The van der Waals surface area contributed by atoms with E-state index in [9.17, 15) is 14.9 Å². The second-order valence-electron chi connectivity index (χ2n) is 4.78. The van der Waals surface area contributed by atoms with Crippen molar-refractivity contribution >= 4 is 17.3 Å². The van der Waals surface area contributed by atoms with Crippen LogP contribution in [0.1, 0.15) is 24.2 Å². The highest BCUT2D eigenvalue weighted by atomic mass is 16.6. The van der Waals surface area contributed by atoms with E-state index in [0.29, 0.717) is 18.7 Å². The smallest absolute Gasteiger partial charge is 0.293 e. The molecule has 0 aliphatic heterocycles. The minimum atomic E-state index is -0.566. The number of hydrogen-bond acceptors (Lipinski definition) is 6. The first-order valence-electron chi connectivity index (χ1n) is 6.49. The van der Waals surface area contributed by atoms with Gasteiger partial charge in [0, 0.05) is 25.2 Å². The third-order valence-electron chi connectivity index (χ3n) is 2.82. The highest BCUT2D eigenvalue weighted by molar-refractivity contribution is 5.95. The van der Waals surface area contributed by atoms with Crippen molar-refractivity contribution in [3.05, 3.63) is 33.9 Å². The topological polar surface area (TPSA) is 111 Å². The third kappa shape index (κ3) is 4.69. The van der Waals surface area contributed by atoms with Crippen molar-refractivity contribution in [2.75, 3.05) is 25.6 Å². The molecule has 0 unspecified atom stereocenters. The van der Waals surface area contributed by atoms with Crippen LogP contribution in [0.4, 0.5) is 11.4 Å². The molecule has 0 aliphatic rings. The second kappa shape index (κ2) is 7.55. The molecule has 0 heterocycles. The number of carbonyl (C=O) groups is 1. The summed E-state index contributed by atoms with van der Waals surface area (Å²) in [5.74, 6) is 4.99. The monoisotopic (exact) mass is 296 g/mol. The number of nitro benzene ring substituents is 1. The van der Waals surface area contributed by atoms with Gasteiger partial charge in [0.25, 0.3) is 11.6 Å². The van der Waals surface area contributed by atoms with E-state index in [1.807, 2.05) is 13.8 Å². The summed E-state index contributed by atoms with van der Waals surface area (Å²) in [4.78, 5) is 23.9. The molecule has 0 radical (unpaired) electrons.